The van der Waals surface area contributed by atoms with Gasteiger partial charge in [-0.2, -0.15) is 0 Å². The maximum atomic E-state index is 12.3. The van der Waals surface area contributed by atoms with E-state index in [1.165, 1.54) is 7.11 Å². The number of aryl methyl sites for hydroxylation is 1. The average molecular weight is 360 g/mol. The topological polar surface area (TPSA) is 68.3 Å². The Labute approximate surface area is 152 Å². The van der Waals surface area contributed by atoms with E-state index >= 15 is 0 Å². The highest BCUT2D eigenvalue weighted by molar-refractivity contribution is 7.09. The number of nitrogens with zero attached hydrogens (tertiary/aromatic N) is 1. The molecule has 1 amide bonds. The fourth-order valence-electron chi connectivity index (χ4n) is 2.55. The first-order valence-electron chi connectivity index (χ1n) is 8.27. The highest BCUT2D eigenvalue weighted by atomic mass is 32.1. The summed E-state index contributed by atoms with van der Waals surface area (Å²) in [6, 6.07) is 7.15. The molecule has 1 atom stereocenters. The van der Waals surface area contributed by atoms with Gasteiger partial charge in [0.1, 0.15) is 6.04 Å². The van der Waals surface area contributed by atoms with Crippen molar-refractivity contribution in [1.82, 2.24) is 10.3 Å². The SMILES string of the molecule is COC(=O)C(CC(C)C)NC(=O)Cc1ccc(-c2csc(C)n2)cc1. The van der Waals surface area contributed by atoms with E-state index in [1.54, 1.807) is 11.3 Å². The number of ether oxygens (including phenoxy) is 1. The van der Waals surface area contributed by atoms with Gasteiger partial charge in [-0.25, -0.2) is 9.78 Å². The predicted molar refractivity (Wildman–Crippen MR) is 99.4 cm³/mol. The van der Waals surface area contributed by atoms with Crippen molar-refractivity contribution in [1.29, 1.82) is 0 Å². The minimum atomic E-state index is -0.602. The van der Waals surface area contributed by atoms with Crippen LogP contribution in [-0.4, -0.2) is 30.0 Å². The van der Waals surface area contributed by atoms with Crippen LogP contribution in [-0.2, 0) is 20.7 Å². The molecule has 134 valence electrons. The number of hydrogen-bond acceptors (Lipinski definition) is 5. The minimum Gasteiger partial charge on any atom is -0.467 e. The van der Waals surface area contributed by atoms with Crippen LogP contribution in [0.1, 0.15) is 30.8 Å². The van der Waals surface area contributed by atoms with E-state index in [-0.39, 0.29) is 18.2 Å². The molecule has 1 aromatic heterocycles. The second kappa shape index (κ2) is 8.76. The van der Waals surface area contributed by atoms with Gasteiger partial charge in [-0.15, -0.1) is 11.3 Å². The number of thiazole rings is 1. The lowest BCUT2D eigenvalue weighted by molar-refractivity contribution is -0.145. The molecule has 0 saturated carbocycles. The maximum Gasteiger partial charge on any atom is 0.328 e. The molecule has 0 radical (unpaired) electrons. The summed E-state index contributed by atoms with van der Waals surface area (Å²) >= 11 is 1.61. The molecule has 25 heavy (non-hydrogen) atoms. The lowest BCUT2D eigenvalue weighted by Gasteiger charge is -2.18. The Morgan fingerprint density at radius 2 is 1.92 bits per heavy atom. The summed E-state index contributed by atoms with van der Waals surface area (Å²) < 4.78 is 4.77. The predicted octanol–water partition coefficient (Wildman–Crippen LogP) is 3.36. The zero-order chi connectivity index (χ0) is 18.4. The summed E-state index contributed by atoms with van der Waals surface area (Å²) in [5.74, 6) is -0.310. The summed E-state index contributed by atoms with van der Waals surface area (Å²) in [6.45, 7) is 5.98. The molecule has 0 spiro atoms. The van der Waals surface area contributed by atoms with Crippen molar-refractivity contribution in [3.8, 4) is 11.3 Å². The van der Waals surface area contributed by atoms with Crippen molar-refractivity contribution in [2.75, 3.05) is 7.11 Å². The zero-order valence-corrected chi connectivity index (χ0v) is 15.9. The Kier molecular flexibility index (Phi) is 6.70. The van der Waals surface area contributed by atoms with Crippen LogP contribution in [0.2, 0.25) is 0 Å². The summed E-state index contributed by atoms with van der Waals surface area (Å²) in [6.07, 6.45) is 0.780. The van der Waals surface area contributed by atoms with Gasteiger partial charge in [-0.1, -0.05) is 38.1 Å². The van der Waals surface area contributed by atoms with Crippen molar-refractivity contribution in [2.45, 2.75) is 39.7 Å². The third-order valence-corrected chi connectivity index (χ3v) is 4.53. The van der Waals surface area contributed by atoms with Crippen LogP contribution >= 0.6 is 11.3 Å². The van der Waals surface area contributed by atoms with E-state index in [4.69, 9.17) is 4.74 Å². The fourth-order valence-corrected chi connectivity index (χ4v) is 3.17. The van der Waals surface area contributed by atoms with Crippen LogP contribution in [0.4, 0.5) is 0 Å². The number of esters is 1. The zero-order valence-electron chi connectivity index (χ0n) is 15.0. The number of rotatable bonds is 7. The Morgan fingerprint density at radius 3 is 2.44 bits per heavy atom. The lowest BCUT2D eigenvalue weighted by atomic mass is 10.0. The molecule has 0 bridgehead atoms. The molecule has 5 nitrogen and oxygen atoms in total. The highest BCUT2D eigenvalue weighted by Gasteiger charge is 2.22. The monoisotopic (exact) mass is 360 g/mol. The number of aromatic nitrogens is 1. The third kappa shape index (κ3) is 5.67. The number of carbonyl (C=O) groups excluding carboxylic acids is 2. The molecule has 1 unspecified atom stereocenters. The average Bonchev–Trinajstić information content (AvgIpc) is 3.00. The van der Waals surface area contributed by atoms with Gasteiger partial charge in [0.2, 0.25) is 5.91 Å². The minimum absolute atomic E-state index is 0.187. The second-order valence-electron chi connectivity index (χ2n) is 6.40. The van der Waals surface area contributed by atoms with Crippen molar-refractivity contribution in [3.05, 3.63) is 40.2 Å². The van der Waals surface area contributed by atoms with Gasteiger partial charge in [0.05, 0.1) is 24.2 Å². The van der Waals surface area contributed by atoms with Gasteiger partial charge in [0.15, 0.2) is 0 Å². The Morgan fingerprint density at radius 1 is 1.24 bits per heavy atom. The van der Waals surface area contributed by atoms with Gasteiger partial charge in [-0.05, 0) is 24.8 Å². The molecule has 1 aromatic carbocycles. The van der Waals surface area contributed by atoms with Crippen LogP contribution in [0.5, 0.6) is 0 Å². The number of methoxy groups -OCH3 is 1. The molecule has 6 heteroatoms. The first-order valence-corrected chi connectivity index (χ1v) is 9.15. The Bertz CT molecular complexity index is 723. The molecule has 2 aromatic rings. The molecule has 1 N–H and O–H groups in total. The normalized spacial score (nSPS) is 12.0. The molecule has 0 saturated heterocycles. The van der Waals surface area contributed by atoms with Crippen molar-refractivity contribution in [2.24, 2.45) is 5.92 Å². The highest BCUT2D eigenvalue weighted by Crippen LogP contribution is 2.22. The maximum absolute atomic E-state index is 12.3. The van der Waals surface area contributed by atoms with Gasteiger partial charge in [0, 0.05) is 10.9 Å². The van der Waals surface area contributed by atoms with E-state index in [0.29, 0.717) is 6.42 Å². The third-order valence-electron chi connectivity index (χ3n) is 3.76. The first kappa shape index (κ1) is 19.1. The van der Waals surface area contributed by atoms with E-state index in [0.717, 1.165) is 21.8 Å². The lowest BCUT2D eigenvalue weighted by Crippen LogP contribution is -2.43. The van der Waals surface area contributed by atoms with E-state index in [9.17, 15) is 9.59 Å². The second-order valence-corrected chi connectivity index (χ2v) is 7.46. The number of hydrogen-bond donors (Lipinski definition) is 1. The van der Waals surface area contributed by atoms with Gasteiger partial charge >= 0.3 is 5.97 Å². The number of benzene rings is 1. The fraction of sp³-hybridized carbons (Fsp3) is 0.421. The molecule has 0 aliphatic carbocycles. The number of carbonyl (C=O) groups is 2. The number of nitrogens with one attached hydrogen (secondary N) is 1. The van der Waals surface area contributed by atoms with Crippen LogP contribution in [0.15, 0.2) is 29.6 Å². The standard InChI is InChI=1S/C19H24N2O3S/c1-12(2)9-16(19(23)24-4)21-18(22)10-14-5-7-15(8-6-14)17-11-25-13(3)20-17/h5-8,11-12,16H,9-10H2,1-4H3,(H,21,22). The summed E-state index contributed by atoms with van der Waals surface area (Å²) in [4.78, 5) is 28.5. The van der Waals surface area contributed by atoms with Crippen molar-refractivity contribution in [3.63, 3.8) is 0 Å². The van der Waals surface area contributed by atoms with E-state index in [2.05, 4.69) is 10.3 Å². The van der Waals surface area contributed by atoms with Crippen LogP contribution in [0.25, 0.3) is 11.3 Å². The molecule has 0 fully saturated rings. The largest absolute Gasteiger partial charge is 0.467 e. The van der Waals surface area contributed by atoms with Crippen molar-refractivity contribution < 1.29 is 14.3 Å². The van der Waals surface area contributed by atoms with Crippen LogP contribution < -0.4 is 5.32 Å². The molecular weight excluding hydrogens is 336 g/mol. The van der Waals surface area contributed by atoms with Gasteiger partial charge < -0.3 is 10.1 Å². The van der Waals surface area contributed by atoms with Crippen molar-refractivity contribution >= 4 is 23.2 Å². The van der Waals surface area contributed by atoms with Gasteiger partial charge in [-0.3, -0.25) is 4.79 Å². The summed E-state index contributed by atoms with van der Waals surface area (Å²) in [5, 5.41) is 5.82. The molecule has 0 aliphatic heterocycles. The molecule has 0 aliphatic rings. The van der Waals surface area contributed by atoms with E-state index in [1.807, 2.05) is 50.4 Å². The van der Waals surface area contributed by atoms with Crippen LogP contribution in [0, 0.1) is 12.8 Å². The van der Waals surface area contributed by atoms with Crippen LogP contribution in [0.3, 0.4) is 0 Å². The van der Waals surface area contributed by atoms with Gasteiger partial charge in [0.25, 0.3) is 0 Å². The molecule has 1 heterocycles. The molecule has 2 rings (SSSR count). The summed E-state index contributed by atoms with van der Waals surface area (Å²) in [7, 11) is 1.33. The Hall–Kier alpha value is -2.21. The smallest absolute Gasteiger partial charge is 0.328 e. The van der Waals surface area contributed by atoms with E-state index < -0.39 is 12.0 Å². The number of amides is 1. The Balaban J connectivity index is 1.98. The quantitative estimate of drug-likeness (QED) is 0.769. The summed E-state index contributed by atoms with van der Waals surface area (Å²) in [5.41, 5.74) is 2.86. The molecular formula is C19H24N2O3S. The first-order chi connectivity index (χ1) is 11.9.